The fourth-order valence-electron chi connectivity index (χ4n) is 2.84. The van der Waals surface area contributed by atoms with E-state index in [2.05, 4.69) is 0 Å². The van der Waals surface area contributed by atoms with E-state index in [1.807, 2.05) is 6.07 Å². The maximum absolute atomic E-state index is 12.7. The first-order valence-electron chi connectivity index (χ1n) is 7.66. The number of ketones is 1. The highest BCUT2D eigenvalue weighted by molar-refractivity contribution is 6.12. The number of carbonyl (C=O) groups is 1. The molecule has 0 unspecified atom stereocenters. The van der Waals surface area contributed by atoms with Crippen LogP contribution in [0.1, 0.15) is 15.9 Å². The van der Waals surface area contributed by atoms with Crippen molar-refractivity contribution in [1.82, 2.24) is 0 Å². The van der Waals surface area contributed by atoms with Gasteiger partial charge in [0.25, 0.3) is 0 Å². The van der Waals surface area contributed by atoms with Gasteiger partial charge in [-0.25, -0.2) is 0 Å². The van der Waals surface area contributed by atoms with Gasteiger partial charge in [0.05, 0.1) is 21.3 Å². The zero-order chi connectivity index (χ0) is 18.0. The average Bonchev–Trinajstić information content (AvgIpc) is 2.66. The zero-order valence-corrected chi connectivity index (χ0v) is 14.2. The SMILES string of the molecule is COc1cc2c(O)cc(C(=O)c3ccccc3)cc2c(OC)c1OC. The van der Waals surface area contributed by atoms with E-state index in [1.54, 1.807) is 36.4 Å². The lowest BCUT2D eigenvalue weighted by Gasteiger charge is -2.16. The van der Waals surface area contributed by atoms with Crippen LogP contribution in [0.2, 0.25) is 0 Å². The van der Waals surface area contributed by atoms with Crippen LogP contribution >= 0.6 is 0 Å². The molecule has 5 nitrogen and oxygen atoms in total. The molecular formula is C20H18O5. The Hall–Kier alpha value is -3.21. The van der Waals surface area contributed by atoms with Crippen molar-refractivity contribution >= 4 is 16.6 Å². The lowest BCUT2D eigenvalue weighted by molar-refractivity contribution is 0.103. The maximum Gasteiger partial charge on any atom is 0.203 e. The second-order valence-corrected chi connectivity index (χ2v) is 5.43. The Morgan fingerprint density at radius 3 is 2.08 bits per heavy atom. The number of benzene rings is 3. The summed E-state index contributed by atoms with van der Waals surface area (Å²) in [5, 5.41) is 11.5. The van der Waals surface area contributed by atoms with Crippen molar-refractivity contribution < 1.29 is 24.1 Å². The number of aromatic hydroxyl groups is 1. The Kier molecular flexibility index (Phi) is 4.48. The molecule has 0 amide bonds. The van der Waals surface area contributed by atoms with Crippen molar-refractivity contribution in [2.45, 2.75) is 0 Å². The number of rotatable bonds is 5. The number of hydrogen-bond donors (Lipinski definition) is 1. The van der Waals surface area contributed by atoms with Gasteiger partial charge in [0.1, 0.15) is 5.75 Å². The van der Waals surface area contributed by atoms with Crippen LogP contribution in [0.5, 0.6) is 23.0 Å². The van der Waals surface area contributed by atoms with Gasteiger partial charge in [0, 0.05) is 21.9 Å². The highest BCUT2D eigenvalue weighted by Crippen LogP contribution is 2.46. The summed E-state index contributed by atoms with van der Waals surface area (Å²) < 4.78 is 16.1. The van der Waals surface area contributed by atoms with Crippen molar-refractivity contribution in [2.75, 3.05) is 21.3 Å². The van der Waals surface area contributed by atoms with Crippen molar-refractivity contribution in [1.29, 1.82) is 0 Å². The normalized spacial score (nSPS) is 10.5. The first-order chi connectivity index (χ1) is 12.1. The Balaban J connectivity index is 2.26. The van der Waals surface area contributed by atoms with Gasteiger partial charge < -0.3 is 19.3 Å². The highest BCUT2D eigenvalue weighted by atomic mass is 16.5. The Morgan fingerprint density at radius 1 is 0.800 bits per heavy atom. The number of phenolic OH excluding ortho intramolecular Hbond substituents is 1. The summed E-state index contributed by atoms with van der Waals surface area (Å²) in [6, 6.07) is 13.7. The quantitative estimate of drug-likeness (QED) is 0.717. The summed E-state index contributed by atoms with van der Waals surface area (Å²) in [4.78, 5) is 12.7. The van der Waals surface area contributed by atoms with Gasteiger partial charge >= 0.3 is 0 Å². The minimum atomic E-state index is -0.186. The van der Waals surface area contributed by atoms with Crippen molar-refractivity contribution in [3.05, 3.63) is 59.7 Å². The summed E-state index contributed by atoms with van der Waals surface area (Å²) in [5.74, 6) is 1.02. The third kappa shape index (κ3) is 2.85. The van der Waals surface area contributed by atoms with E-state index in [0.717, 1.165) is 0 Å². The van der Waals surface area contributed by atoms with Gasteiger partial charge in [0.2, 0.25) is 5.75 Å². The molecule has 3 aromatic carbocycles. The lowest BCUT2D eigenvalue weighted by atomic mass is 9.98. The lowest BCUT2D eigenvalue weighted by Crippen LogP contribution is -2.02. The largest absolute Gasteiger partial charge is 0.507 e. The van der Waals surface area contributed by atoms with Crippen molar-refractivity contribution in [2.24, 2.45) is 0 Å². The van der Waals surface area contributed by atoms with E-state index < -0.39 is 0 Å². The smallest absolute Gasteiger partial charge is 0.203 e. The second-order valence-electron chi connectivity index (χ2n) is 5.43. The molecule has 0 atom stereocenters. The van der Waals surface area contributed by atoms with Crippen LogP contribution in [0.4, 0.5) is 0 Å². The molecule has 0 aliphatic carbocycles. The molecule has 0 aliphatic heterocycles. The van der Waals surface area contributed by atoms with Gasteiger partial charge in [0.15, 0.2) is 17.3 Å². The first kappa shape index (κ1) is 16.6. The van der Waals surface area contributed by atoms with Gasteiger partial charge in [-0.15, -0.1) is 0 Å². The minimum absolute atomic E-state index is 0.0314. The van der Waals surface area contributed by atoms with Crippen LogP contribution in [-0.4, -0.2) is 32.2 Å². The van der Waals surface area contributed by atoms with Gasteiger partial charge in [-0.1, -0.05) is 30.3 Å². The van der Waals surface area contributed by atoms with Crippen LogP contribution in [0.3, 0.4) is 0 Å². The van der Waals surface area contributed by atoms with Gasteiger partial charge in [-0.3, -0.25) is 4.79 Å². The molecule has 0 spiro atoms. The molecule has 3 rings (SSSR count). The summed E-state index contributed by atoms with van der Waals surface area (Å²) >= 11 is 0. The van der Waals surface area contributed by atoms with Crippen LogP contribution in [0, 0.1) is 0 Å². The molecule has 5 heteroatoms. The standard InChI is InChI=1S/C20H18O5/c1-23-17-11-14-15(19(24-2)20(17)25-3)9-13(10-16(14)21)18(22)12-7-5-4-6-8-12/h4-11,21H,1-3H3. The fourth-order valence-corrected chi connectivity index (χ4v) is 2.84. The molecule has 128 valence electrons. The van der Waals surface area contributed by atoms with E-state index in [9.17, 15) is 9.90 Å². The summed E-state index contributed by atoms with van der Waals surface area (Å²) in [7, 11) is 4.51. The first-order valence-corrected chi connectivity index (χ1v) is 7.66. The van der Waals surface area contributed by atoms with E-state index in [1.165, 1.54) is 27.4 Å². The highest BCUT2D eigenvalue weighted by Gasteiger charge is 2.20. The van der Waals surface area contributed by atoms with Crippen LogP contribution in [0.15, 0.2) is 48.5 Å². The Bertz CT molecular complexity index is 932. The minimum Gasteiger partial charge on any atom is -0.507 e. The summed E-state index contributed by atoms with van der Waals surface area (Å²) in [5.41, 5.74) is 0.905. The molecule has 0 radical (unpaired) electrons. The number of hydrogen-bond acceptors (Lipinski definition) is 5. The van der Waals surface area contributed by atoms with E-state index in [-0.39, 0.29) is 11.5 Å². The Morgan fingerprint density at radius 2 is 1.48 bits per heavy atom. The molecule has 3 aromatic rings. The second kappa shape index (κ2) is 6.73. The predicted octanol–water partition coefficient (Wildman–Crippen LogP) is 3.80. The molecule has 0 aliphatic rings. The average molecular weight is 338 g/mol. The molecule has 1 N–H and O–H groups in total. The number of phenols is 1. The van der Waals surface area contributed by atoms with E-state index in [0.29, 0.717) is 39.1 Å². The molecule has 0 heterocycles. The molecule has 0 aromatic heterocycles. The number of methoxy groups -OCH3 is 3. The van der Waals surface area contributed by atoms with Gasteiger partial charge in [-0.2, -0.15) is 0 Å². The summed E-state index contributed by atoms with van der Waals surface area (Å²) in [6.07, 6.45) is 0. The Labute approximate surface area is 145 Å². The van der Waals surface area contributed by atoms with E-state index >= 15 is 0 Å². The summed E-state index contributed by atoms with van der Waals surface area (Å²) in [6.45, 7) is 0. The molecule has 0 bridgehead atoms. The molecular weight excluding hydrogens is 320 g/mol. The number of carbonyl (C=O) groups excluding carboxylic acids is 1. The molecule has 0 saturated heterocycles. The predicted molar refractivity (Wildman–Crippen MR) is 95.1 cm³/mol. The van der Waals surface area contributed by atoms with Crippen LogP contribution in [-0.2, 0) is 0 Å². The molecule has 25 heavy (non-hydrogen) atoms. The third-order valence-corrected chi connectivity index (χ3v) is 4.03. The zero-order valence-electron chi connectivity index (χ0n) is 14.2. The van der Waals surface area contributed by atoms with Crippen molar-refractivity contribution in [3.8, 4) is 23.0 Å². The van der Waals surface area contributed by atoms with Gasteiger partial charge in [-0.05, 0) is 18.2 Å². The molecule has 0 fully saturated rings. The van der Waals surface area contributed by atoms with Crippen LogP contribution in [0.25, 0.3) is 10.8 Å². The number of fused-ring (bicyclic) bond motifs is 1. The topological polar surface area (TPSA) is 65.0 Å². The monoisotopic (exact) mass is 338 g/mol. The number of ether oxygens (including phenoxy) is 3. The van der Waals surface area contributed by atoms with E-state index in [4.69, 9.17) is 14.2 Å². The van der Waals surface area contributed by atoms with Crippen molar-refractivity contribution in [3.63, 3.8) is 0 Å². The third-order valence-electron chi connectivity index (χ3n) is 4.03. The maximum atomic E-state index is 12.7. The molecule has 0 saturated carbocycles. The van der Waals surface area contributed by atoms with Crippen LogP contribution < -0.4 is 14.2 Å². The fraction of sp³-hybridized carbons (Fsp3) is 0.150.